The quantitative estimate of drug-likeness (QED) is 0.845. The van der Waals surface area contributed by atoms with E-state index in [4.69, 9.17) is 15.2 Å². The van der Waals surface area contributed by atoms with Crippen LogP contribution in [0.4, 0.5) is 0 Å². The van der Waals surface area contributed by atoms with Gasteiger partial charge in [-0.3, -0.25) is 0 Å². The molecule has 0 radical (unpaired) electrons. The van der Waals surface area contributed by atoms with Gasteiger partial charge in [0.25, 0.3) is 0 Å². The van der Waals surface area contributed by atoms with Crippen LogP contribution in [0, 0.1) is 6.92 Å². The third-order valence-electron chi connectivity index (χ3n) is 3.11. The minimum Gasteiger partial charge on any atom is -0.497 e. The molecule has 3 heteroatoms. The lowest BCUT2D eigenvalue weighted by Gasteiger charge is -2.19. The van der Waals surface area contributed by atoms with Crippen LogP contribution in [0.1, 0.15) is 37.8 Å². The van der Waals surface area contributed by atoms with Crippen LogP contribution in [-0.2, 0) is 6.42 Å². The Balaban J connectivity index is 2.81. The summed E-state index contributed by atoms with van der Waals surface area (Å²) < 4.78 is 10.7. The molecule has 2 N–H and O–H groups in total. The zero-order chi connectivity index (χ0) is 13.8. The van der Waals surface area contributed by atoms with Gasteiger partial charge in [0.1, 0.15) is 11.5 Å². The molecule has 1 aromatic carbocycles. The molecule has 0 spiro atoms. The predicted octanol–water partition coefficient (Wildman–Crippen LogP) is 3.07. The van der Waals surface area contributed by atoms with E-state index >= 15 is 0 Å². The first-order chi connectivity index (χ1) is 8.37. The summed E-state index contributed by atoms with van der Waals surface area (Å²) in [6, 6.07) is 3.99. The third-order valence-corrected chi connectivity index (χ3v) is 3.11. The van der Waals surface area contributed by atoms with Gasteiger partial charge in [-0.05, 0) is 57.2 Å². The first kappa shape index (κ1) is 14.8. The first-order valence-corrected chi connectivity index (χ1v) is 6.38. The molecule has 0 fully saturated rings. The van der Waals surface area contributed by atoms with E-state index in [2.05, 4.69) is 20.8 Å². The van der Waals surface area contributed by atoms with Crippen molar-refractivity contribution in [2.24, 2.45) is 5.73 Å². The lowest BCUT2D eigenvalue weighted by atomic mass is 9.94. The van der Waals surface area contributed by atoms with Crippen molar-refractivity contribution in [3.8, 4) is 11.5 Å². The lowest BCUT2D eigenvalue weighted by Crippen LogP contribution is -2.31. The van der Waals surface area contributed by atoms with Crippen LogP contribution in [0.2, 0.25) is 0 Å². The molecule has 0 aromatic heterocycles. The number of benzene rings is 1. The van der Waals surface area contributed by atoms with Crippen LogP contribution < -0.4 is 15.2 Å². The SMILES string of the molecule is COc1cc(C)c(CCCC(C)(C)N)c(OC)c1. The van der Waals surface area contributed by atoms with E-state index in [0.717, 1.165) is 30.8 Å². The topological polar surface area (TPSA) is 44.5 Å². The normalized spacial score (nSPS) is 11.4. The van der Waals surface area contributed by atoms with Gasteiger partial charge in [0.2, 0.25) is 0 Å². The zero-order valence-electron chi connectivity index (χ0n) is 12.2. The van der Waals surface area contributed by atoms with Crippen molar-refractivity contribution >= 4 is 0 Å². The van der Waals surface area contributed by atoms with Gasteiger partial charge in [-0.15, -0.1) is 0 Å². The summed E-state index contributed by atoms with van der Waals surface area (Å²) >= 11 is 0. The minimum absolute atomic E-state index is 0.104. The number of hydrogen-bond acceptors (Lipinski definition) is 3. The second kappa shape index (κ2) is 6.10. The first-order valence-electron chi connectivity index (χ1n) is 6.38. The van der Waals surface area contributed by atoms with Crippen LogP contribution >= 0.6 is 0 Å². The van der Waals surface area contributed by atoms with Crippen molar-refractivity contribution in [2.45, 2.75) is 45.6 Å². The van der Waals surface area contributed by atoms with Gasteiger partial charge in [0.05, 0.1) is 14.2 Å². The van der Waals surface area contributed by atoms with Gasteiger partial charge in [0.15, 0.2) is 0 Å². The largest absolute Gasteiger partial charge is 0.497 e. The van der Waals surface area contributed by atoms with Crippen LogP contribution in [-0.4, -0.2) is 19.8 Å². The van der Waals surface area contributed by atoms with E-state index in [1.54, 1.807) is 14.2 Å². The fraction of sp³-hybridized carbons (Fsp3) is 0.600. The summed E-state index contributed by atoms with van der Waals surface area (Å²) in [6.07, 6.45) is 3.05. The van der Waals surface area contributed by atoms with Crippen LogP contribution in [0.3, 0.4) is 0 Å². The van der Waals surface area contributed by atoms with Crippen LogP contribution in [0.25, 0.3) is 0 Å². The maximum absolute atomic E-state index is 6.00. The second-order valence-corrected chi connectivity index (χ2v) is 5.47. The lowest BCUT2D eigenvalue weighted by molar-refractivity contribution is 0.388. The number of rotatable bonds is 6. The Morgan fingerprint density at radius 3 is 2.33 bits per heavy atom. The van der Waals surface area contributed by atoms with E-state index in [0.29, 0.717) is 0 Å². The highest BCUT2D eigenvalue weighted by molar-refractivity contribution is 5.46. The van der Waals surface area contributed by atoms with Gasteiger partial charge < -0.3 is 15.2 Å². The number of hydrogen-bond donors (Lipinski definition) is 1. The fourth-order valence-electron chi connectivity index (χ4n) is 2.09. The molecule has 3 nitrogen and oxygen atoms in total. The maximum atomic E-state index is 6.00. The Bertz CT molecular complexity index is 394. The molecule has 0 aliphatic heterocycles. The third kappa shape index (κ3) is 4.22. The average Bonchev–Trinajstić information content (AvgIpc) is 2.29. The molecule has 1 rings (SSSR count). The molecule has 0 aliphatic rings. The van der Waals surface area contributed by atoms with Crippen molar-refractivity contribution in [3.05, 3.63) is 23.3 Å². The summed E-state index contributed by atoms with van der Waals surface area (Å²) in [7, 11) is 3.37. The molecule has 0 amide bonds. The number of nitrogens with two attached hydrogens (primary N) is 1. The Morgan fingerprint density at radius 2 is 1.83 bits per heavy atom. The minimum atomic E-state index is -0.104. The van der Waals surface area contributed by atoms with Crippen molar-refractivity contribution in [3.63, 3.8) is 0 Å². The summed E-state index contributed by atoms with van der Waals surface area (Å²) in [5.74, 6) is 1.74. The Morgan fingerprint density at radius 1 is 1.17 bits per heavy atom. The molecule has 0 aliphatic carbocycles. The number of aryl methyl sites for hydroxylation is 1. The summed E-state index contributed by atoms with van der Waals surface area (Å²) in [5, 5.41) is 0. The van der Waals surface area contributed by atoms with E-state index < -0.39 is 0 Å². The van der Waals surface area contributed by atoms with E-state index in [1.807, 2.05) is 12.1 Å². The Kier molecular flexibility index (Phi) is 5.03. The number of ether oxygens (including phenoxy) is 2. The number of methoxy groups -OCH3 is 2. The smallest absolute Gasteiger partial charge is 0.126 e. The predicted molar refractivity (Wildman–Crippen MR) is 75.5 cm³/mol. The van der Waals surface area contributed by atoms with E-state index in [-0.39, 0.29) is 5.54 Å². The van der Waals surface area contributed by atoms with Crippen LogP contribution in [0.5, 0.6) is 11.5 Å². The molecular weight excluding hydrogens is 226 g/mol. The van der Waals surface area contributed by atoms with E-state index in [1.165, 1.54) is 11.1 Å². The zero-order valence-corrected chi connectivity index (χ0v) is 12.2. The van der Waals surface area contributed by atoms with Gasteiger partial charge in [-0.1, -0.05) is 0 Å². The second-order valence-electron chi connectivity index (χ2n) is 5.47. The molecule has 0 saturated carbocycles. The highest BCUT2D eigenvalue weighted by Gasteiger charge is 2.13. The van der Waals surface area contributed by atoms with Gasteiger partial charge in [-0.2, -0.15) is 0 Å². The van der Waals surface area contributed by atoms with Gasteiger partial charge in [0, 0.05) is 11.6 Å². The standard InChI is InChI=1S/C15H25NO2/c1-11-9-12(17-4)10-14(18-5)13(11)7-6-8-15(2,3)16/h9-10H,6-8,16H2,1-5H3. The molecule has 0 atom stereocenters. The van der Waals surface area contributed by atoms with Crippen molar-refractivity contribution in [1.82, 2.24) is 0 Å². The van der Waals surface area contributed by atoms with Gasteiger partial charge >= 0.3 is 0 Å². The van der Waals surface area contributed by atoms with Crippen LogP contribution in [0.15, 0.2) is 12.1 Å². The van der Waals surface area contributed by atoms with Crippen molar-refractivity contribution in [2.75, 3.05) is 14.2 Å². The molecular formula is C15H25NO2. The Hall–Kier alpha value is -1.22. The van der Waals surface area contributed by atoms with Gasteiger partial charge in [-0.25, -0.2) is 0 Å². The Labute approximate surface area is 110 Å². The van der Waals surface area contributed by atoms with Crippen molar-refractivity contribution < 1.29 is 9.47 Å². The molecule has 1 aromatic rings. The molecule has 102 valence electrons. The molecule has 0 heterocycles. The highest BCUT2D eigenvalue weighted by Crippen LogP contribution is 2.30. The van der Waals surface area contributed by atoms with Crippen molar-refractivity contribution in [1.29, 1.82) is 0 Å². The molecule has 0 unspecified atom stereocenters. The summed E-state index contributed by atoms with van der Waals surface area (Å²) in [5.41, 5.74) is 8.36. The fourth-order valence-corrected chi connectivity index (χ4v) is 2.09. The molecule has 0 bridgehead atoms. The molecule has 0 saturated heterocycles. The summed E-state index contributed by atoms with van der Waals surface area (Å²) in [6.45, 7) is 6.21. The highest BCUT2D eigenvalue weighted by atomic mass is 16.5. The average molecular weight is 251 g/mol. The van der Waals surface area contributed by atoms with E-state index in [9.17, 15) is 0 Å². The maximum Gasteiger partial charge on any atom is 0.126 e. The monoisotopic (exact) mass is 251 g/mol. The molecule has 18 heavy (non-hydrogen) atoms. The summed E-state index contributed by atoms with van der Waals surface area (Å²) in [4.78, 5) is 0.